The summed E-state index contributed by atoms with van der Waals surface area (Å²) in [6.45, 7) is 1.64. The summed E-state index contributed by atoms with van der Waals surface area (Å²) in [7, 11) is 0. The molecule has 2 N–H and O–H groups in total. The van der Waals surface area contributed by atoms with Crippen molar-refractivity contribution in [1.82, 2.24) is 0 Å². The van der Waals surface area contributed by atoms with Gasteiger partial charge in [0.2, 0.25) is 0 Å². The fourth-order valence-corrected chi connectivity index (χ4v) is 1.61. The largest absolute Gasteiger partial charge is 0.478 e. The Hall–Kier alpha value is -0.1000. The molecule has 6 heteroatoms. The second kappa shape index (κ2) is 10.7. The van der Waals surface area contributed by atoms with Crippen LogP contribution in [-0.4, -0.2) is 81.3 Å². The van der Waals surface area contributed by atoms with Crippen LogP contribution >= 0.6 is 0 Å². The monoisotopic (exact) mass is 280 g/mol. The van der Waals surface area contributed by atoms with Crippen molar-refractivity contribution in [2.45, 2.75) is 19.8 Å². The summed E-state index contributed by atoms with van der Waals surface area (Å²) in [5, 5.41) is 18.0. The van der Waals surface area contributed by atoms with E-state index >= 15 is 0 Å². The Morgan fingerprint density at radius 1 is 0.947 bits per heavy atom. The van der Waals surface area contributed by atoms with Gasteiger partial charge in [0.05, 0.1) is 5.57 Å². The molecule has 1 aromatic rings. The average Bonchev–Trinajstić information content (AvgIpc) is 2.29. The molecule has 19 heavy (non-hydrogen) atoms. The van der Waals surface area contributed by atoms with E-state index in [1.165, 1.54) is 0 Å². The van der Waals surface area contributed by atoms with E-state index < -0.39 is 11.9 Å². The molecule has 0 fully saturated rings. The van der Waals surface area contributed by atoms with Gasteiger partial charge in [-0.05, 0) is 12.0 Å². The number of benzene rings is 1. The quantitative estimate of drug-likeness (QED) is 0.630. The molecule has 0 amide bonds. The van der Waals surface area contributed by atoms with Crippen LogP contribution in [0.3, 0.4) is 0 Å². The molecular formula is C13H14Na2O4. The first-order chi connectivity index (χ1) is 8.06. The second-order valence-corrected chi connectivity index (χ2v) is 3.58. The minimum atomic E-state index is -1.17. The predicted octanol–water partition coefficient (Wildman–Crippen LogP) is 1.34. The summed E-state index contributed by atoms with van der Waals surface area (Å²) < 4.78 is 0. The fourth-order valence-electron chi connectivity index (χ4n) is 1.61. The zero-order valence-electron chi connectivity index (χ0n) is 11.5. The Labute approximate surface area is 156 Å². The van der Waals surface area contributed by atoms with E-state index in [4.69, 9.17) is 10.2 Å². The molecule has 0 heterocycles. The summed E-state index contributed by atoms with van der Waals surface area (Å²) in [6, 6.07) is 8.96. The smallest absolute Gasteiger partial charge is 0.332 e. The Bertz CT molecular complexity index is 455. The van der Waals surface area contributed by atoms with Gasteiger partial charge >= 0.3 is 11.9 Å². The first-order valence-corrected chi connectivity index (χ1v) is 5.28. The standard InChI is InChI=1S/C13H14O4.2Na/c1-2-10(12(14)15)11(13(16)17)8-9-6-4-3-5-7-9;;/h3-7H,2,8H2,1H3,(H,14,15)(H,16,17);;/b11-10-;;. The van der Waals surface area contributed by atoms with Crippen molar-refractivity contribution in [3.8, 4) is 0 Å². The number of aliphatic carboxylic acids is 2. The molecule has 0 atom stereocenters. The molecule has 0 saturated heterocycles. The minimum Gasteiger partial charge on any atom is -0.478 e. The van der Waals surface area contributed by atoms with Gasteiger partial charge in [-0.2, -0.15) is 0 Å². The summed E-state index contributed by atoms with van der Waals surface area (Å²) in [5.74, 6) is -2.34. The number of hydrogen-bond donors (Lipinski definition) is 2. The minimum absolute atomic E-state index is 0. The number of hydrogen-bond acceptors (Lipinski definition) is 2. The third-order valence-electron chi connectivity index (χ3n) is 2.46. The van der Waals surface area contributed by atoms with Gasteiger partial charge in [-0.15, -0.1) is 0 Å². The zero-order valence-corrected chi connectivity index (χ0v) is 15.5. The van der Waals surface area contributed by atoms with E-state index in [1.807, 2.05) is 6.07 Å². The number of carbonyl (C=O) groups is 2. The Morgan fingerprint density at radius 3 is 1.79 bits per heavy atom. The summed E-state index contributed by atoms with van der Waals surface area (Å²) in [5.41, 5.74) is 0.699. The molecule has 92 valence electrons. The maximum Gasteiger partial charge on any atom is 0.332 e. The van der Waals surface area contributed by atoms with Gasteiger partial charge in [-0.3, -0.25) is 0 Å². The van der Waals surface area contributed by atoms with Gasteiger partial charge in [0.15, 0.2) is 0 Å². The first-order valence-electron chi connectivity index (χ1n) is 5.28. The Kier molecular flexibility index (Phi) is 11.9. The van der Waals surface area contributed by atoms with E-state index in [9.17, 15) is 9.59 Å². The van der Waals surface area contributed by atoms with Crippen LogP contribution < -0.4 is 0 Å². The number of carboxylic acid groups (broad SMARTS) is 2. The van der Waals surface area contributed by atoms with Gasteiger partial charge < -0.3 is 10.2 Å². The fraction of sp³-hybridized carbons (Fsp3) is 0.231. The van der Waals surface area contributed by atoms with Crippen molar-refractivity contribution in [2.75, 3.05) is 0 Å². The van der Waals surface area contributed by atoms with Crippen LogP contribution in [0.4, 0.5) is 0 Å². The van der Waals surface area contributed by atoms with Gasteiger partial charge in [-0.1, -0.05) is 37.3 Å². The van der Waals surface area contributed by atoms with Crippen molar-refractivity contribution in [3.05, 3.63) is 47.0 Å². The van der Waals surface area contributed by atoms with Crippen LogP contribution in [0.1, 0.15) is 18.9 Å². The molecule has 1 rings (SSSR count). The molecule has 4 nitrogen and oxygen atoms in total. The Morgan fingerprint density at radius 2 is 1.42 bits per heavy atom. The SMILES string of the molecule is CC/C(C(=O)O)=C(\Cc1ccccc1)C(=O)O.[Na].[Na]. The van der Waals surface area contributed by atoms with E-state index in [2.05, 4.69) is 0 Å². The van der Waals surface area contributed by atoms with Crippen LogP contribution in [0.25, 0.3) is 0 Å². The molecule has 2 radical (unpaired) electrons. The van der Waals surface area contributed by atoms with Gasteiger partial charge in [0.25, 0.3) is 0 Å². The molecule has 0 spiro atoms. The number of carboxylic acids is 2. The van der Waals surface area contributed by atoms with Crippen molar-refractivity contribution in [3.63, 3.8) is 0 Å². The third kappa shape index (κ3) is 6.75. The number of rotatable bonds is 5. The topological polar surface area (TPSA) is 74.6 Å². The van der Waals surface area contributed by atoms with Gasteiger partial charge in [-0.25, -0.2) is 9.59 Å². The van der Waals surface area contributed by atoms with E-state index in [0.717, 1.165) is 5.56 Å². The first kappa shape index (κ1) is 21.2. The molecule has 0 aliphatic carbocycles. The normalized spacial score (nSPS) is 10.6. The van der Waals surface area contributed by atoms with Crippen LogP contribution in [0.5, 0.6) is 0 Å². The average molecular weight is 280 g/mol. The molecule has 0 aliphatic heterocycles. The summed E-state index contributed by atoms with van der Waals surface area (Å²) >= 11 is 0. The molecule has 0 bridgehead atoms. The van der Waals surface area contributed by atoms with Crippen molar-refractivity contribution >= 4 is 71.1 Å². The van der Waals surface area contributed by atoms with Crippen molar-refractivity contribution in [1.29, 1.82) is 0 Å². The van der Waals surface area contributed by atoms with Crippen LogP contribution in [0.2, 0.25) is 0 Å². The molecule has 0 unspecified atom stereocenters. The van der Waals surface area contributed by atoms with E-state index in [0.29, 0.717) is 0 Å². The molecule has 0 saturated carbocycles. The second-order valence-electron chi connectivity index (χ2n) is 3.58. The van der Waals surface area contributed by atoms with Gasteiger partial charge in [0, 0.05) is 71.1 Å². The van der Waals surface area contributed by atoms with Crippen molar-refractivity contribution in [2.24, 2.45) is 0 Å². The predicted molar refractivity (Wildman–Crippen MR) is 74.2 cm³/mol. The summed E-state index contributed by atoms with van der Waals surface area (Å²) in [4.78, 5) is 22.0. The molecular weight excluding hydrogens is 266 g/mol. The Balaban J connectivity index is 0. The third-order valence-corrected chi connectivity index (χ3v) is 2.46. The molecule has 1 aromatic carbocycles. The maximum absolute atomic E-state index is 11.1. The molecule has 0 aliphatic rings. The van der Waals surface area contributed by atoms with Gasteiger partial charge in [0.1, 0.15) is 0 Å². The van der Waals surface area contributed by atoms with Crippen LogP contribution in [-0.2, 0) is 16.0 Å². The van der Waals surface area contributed by atoms with Crippen LogP contribution in [0.15, 0.2) is 41.5 Å². The summed E-state index contributed by atoms with van der Waals surface area (Å²) in [6.07, 6.45) is 0.329. The zero-order chi connectivity index (χ0) is 12.8. The van der Waals surface area contributed by atoms with E-state index in [-0.39, 0.29) is 83.1 Å². The van der Waals surface area contributed by atoms with Crippen molar-refractivity contribution < 1.29 is 19.8 Å². The molecule has 0 aromatic heterocycles. The van der Waals surface area contributed by atoms with Crippen LogP contribution in [0, 0.1) is 0 Å². The maximum atomic E-state index is 11.1. The van der Waals surface area contributed by atoms with E-state index in [1.54, 1.807) is 31.2 Å².